The van der Waals surface area contributed by atoms with Gasteiger partial charge in [0.2, 0.25) is 0 Å². The summed E-state index contributed by atoms with van der Waals surface area (Å²) in [6.45, 7) is 0. The smallest absolute Gasteiger partial charge is 0.328 e. The molecular weight excluding hydrogens is 268 g/mol. The predicted octanol–water partition coefficient (Wildman–Crippen LogP) is 3.14. The summed E-state index contributed by atoms with van der Waals surface area (Å²) >= 11 is 5.57. The summed E-state index contributed by atoms with van der Waals surface area (Å²) in [4.78, 5) is 10.5. The van der Waals surface area contributed by atoms with Crippen LogP contribution in [0.5, 0.6) is 11.5 Å². The Morgan fingerprint density at radius 3 is 2.74 bits per heavy atom. The fourth-order valence-electron chi connectivity index (χ4n) is 1.47. The highest BCUT2D eigenvalue weighted by atomic mass is 35.5. The molecule has 5 heteroatoms. The molecule has 0 heterocycles. The van der Waals surface area contributed by atoms with Crippen molar-refractivity contribution in [2.75, 3.05) is 13.0 Å². The molecule has 0 saturated carbocycles. The Morgan fingerprint density at radius 2 is 2.16 bits per heavy atom. The van der Waals surface area contributed by atoms with E-state index in [4.69, 9.17) is 21.4 Å². The summed E-state index contributed by atoms with van der Waals surface area (Å²) < 4.78 is 5.05. The van der Waals surface area contributed by atoms with Gasteiger partial charge in [-0.1, -0.05) is 12.2 Å². The number of halogens is 1. The van der Waals surface area contributed by atoms with Crippen LogP contribution in [-0.4, -0.2) is 29.2 Å². The number of methoxy groups -OCH3 is 1. The fourth-order valence-corrected chi connectivity index (χ4v) is 1.60. The number of ether oxygens (including phenoxy) is 1. The van der Waals surface area contributed by atoms with Gasteiger partial charge >= 0.3 is 5.97 Å². The van der Waals surface area contributed by atoms with Crippen molar-refractivity contribution in [2.45, 2.75) is 6.42 Å². The van der Waals surface area contributed by atoms with Crippen molar-refractivity contribution in [1.82, 2.24) is 0 Å². The molecule has 1 aromatic rings. The second-order valence-corrected chi connectivity index (χ2v) is 4.09. The molecule has 0 aliphatic rings. The summed E-state index contributed by atoms with van der Waals surface area (Å²) in [5.74, 6) is -0.238. The van der Waals surface area contributed by atoms with Crippen LogP contribution < -0.4 is 4.74 Å². The number of aromatic hydroxyl groups is 1. The molecule has 1 rings (SSSR count). The highest BCUT2D eigenvalue weighted by Gasteiger charge is 2.07. The molecule has 0 saturated heterocycles. The molecule has 0 aliphatic heterocycles. The van der Waals surface area contributed by atoms with E-state index in [1.165, 1.54) is 13.2 Å². The van der Waals surface area contributed by atoms with Gasteiger partial charge in [-0.15, -0.1) is 11.6 Å². The second kappa shape index (κ2) is 7.48. The molecule has 1 aromatic carbocycles. The normalized spacial score (nSPS) is 11.3. The molecule has 0 aromatic heterocycles. The minimum atomic E-state index is -1.04. The van der Waals surface area contributed by atoms with Crippen LogP contribution in [0.25, 0.3) is 12.2 Å². The molecule has 4 nitrogen and oxygen atoms in total. The Kier molecular flexibility index (Phi) is 5.96. The second-order valence-electron chi connectivity index (χ2n) is 3.71. The lowest BCUT2D eigenvalue weighted by atomic mass is 10.1. The number of aliphatic carboxylic acids is 1. The Hall–Kier alpha value is -1.94. The van der Waals surface area contributed by atoms with Crippen LogP contribution in [0.15, 0.2) is 24.3 Å². The number of alkyl halides is 1. The van der Waals surface area contributed by atoms with E-state index in [-0.39, 0.29) is 11.5 Å². The maximum Gasteiger partial charge on any atom is 0.328 e. The summed E-state index contributed by atoms with van der Waals surface area (Å²) in [7, 11) is 1.44. The van der Waals surface area contributed by atoms with Gasteiger partial charge in [0.1, 0.15) is 0 Å². The summed E-state index contributed by atoms with van der Waals surface area (Å²) in [5, 5.41) is 18.5. The molecule has 102 valence electrons. The topological polar surface area (TPSA) is 66.8 Å². The number of hydrogen-bond donors (Lipinski definition) is 2. The van der Waals surface area contributed by atoms with E-state index in [9.17, 15) is 9.90 Å². The van der Waals surface area contributed by atoms with Gasteiger partial charge in [0.15, 0.2) is 11.5 Å². The lowest BCUT2D eigenvalue weighted by Gasteiger charge is -2.08. The van der Waals surface area contributed by atoms with Gasteiger partial charge in [-0.25, -0.2) is 4.79 Å². The Bertz CT molecular complexity index is 506. The third-order valence-corrected chi connectivity index (χ3v) is 2.56. The van der Waals surface area contributed by atoms with Crippen LogP contribution in [0.4, 0.5) is 0 Å². The SMILES string of the molecule is COc1cc(C=CC(=O)O)cc(C=CCCCl)c1O. The molecule has 0 spiro atoms. The number of carboxylic acids is 1. The van der Waals surface area contributed by atoms with E-state index in [0.717, 1.165) is 6.08 Å². The number of hydrogen-bond acceptors (Lipinski definition) is 3. The predicted molar refractivity (Wildman–Crippen MR) is 75.7 cm³/mol. The third-order valence-electron chi connectivity index (χ3n) is 2.34. The summed E-state index contributed by atoms with van der Waals surface area (Å²) in [6.07, 6.45) is 6.68. The molecule has 0 unspecified atom stereocenters. The van der Waals surface area contributed by atoms with Crippen LogP contribution in [-0.2, 0) is 4.79 Å². The first kappa shape index (κ1) is 15.1. The first-order chi connectivity index (χ1) is 9.08. The van der Waals surface area contributed by atoms with Crippen molar-refractivity contribution < 1.29 is 19.7 Å². The number of carboxylic acid groups (broad SMARTS) is 1. The van der Waals surface area contributed by atoms with Gasteiger partial charge in [0.25, 0.3) is 0 Å². The van der Waals surface area contributed by atoms with E-state index >= 15 is 0 Å². The van der Waals surface area contributed by atoms with Gasteiger partial charge in [-0.3, -0.25) is 0 Å². The minimum Gasteiger partial charge on any atom is -0.504 e. The molecule has 0 amide bonds. The van der Waals surface area contributed by atoms with Crippen LogP contribution in [0.2, 0.25) is 0 Å². The standard InChI is InChI=1S/C14H15ClO4/c1-19-12-9-10(5-6-13(16)17)8-11(14(12)18)4-2-3-7-15/h2,4-6,8-9,18H,3,7H2,1H3,(H,16,17). The molecule has 0 radical (unpaired) electrons. The van der Waals surface area contributed by atoms with Crippen LogP contribution in [0.3, 0.4) is 0 Å². The number of phenols is 1. The minimum absolute atomic E-state index is 0.0146. The average Bonchev–Trinajstić information content (AvgIpc) is 2.39. The van der Waals surface area contributed by atoms with Crippen LogP contribution in [0, 0.1) is 0 Å². The fraction of sp³-hybridized carbons (Fsp3) is 0.214. The molecule has 19 heavy (non-hydrogen) atoms. The lowest BCUT2D eigenvalue weighted by Crippen LogP contribution is -1.89. The number of allylic oxidation sites excluding steroid dienone is 1. The van der Waals surface area contributed by atoms with Crippen molar-refractivity contribution in [3.8, 4) is 11.5 Å². The van der Waals surface area contributed by atoms with E-state index in [2.05, 4.69) is 0 Å². The van der Waals surface area contributed by atoms with Gasteiger partial charge in [0.05, 0.1) is 7.11 Å². The molecule has 0 atom stereocenters. The van der Waals surface area contributed by atoms with E-state index in [0.29, 0.717) is 23.4 Å². The van der Waals surface area contributed by atoms with Gasteiger partial charge in [-0.2, -0.15) is 0 Å². The highest BCUT2D eigenvalue weighted by Crippen LogP contribution is 2.32. The van der Waals surface area contributed by atoms with Crippen molar-refractivity contribution >= 4 is 29.7 Å². The summed E-state index contributed by atoms with van der Waals surface area (Å²) in [6, 6.07) is 3.23. The first-order valence-corrected chi connectivity index (χ1v) is 6.16. The monoisotopic (exact) mass is 282 g/mol. The van der Waals surface area contributed by atoms with Crippen LogP contribution in [0.1, 0.15) is 17.5 Å². The number of phenolic OH excluding ortho intramolecular Hbond substituents is 1. The number of carbonyl (C=O) groups is 1. The maximum absolute atomic E-state index is 10.5. The maximum atomic E-state index is 10.5. The Balaban J connectivity index is 3.14. The zero-order valence-corrected chi connectivity index (χ0v) is 11.2. The lowest BCUT2D eigenvalue weighted by molar-refractivity contribution is -0.131. The average molecular weight is 283 g/mol. The Labute approximate surface area is 116 Å². The largest absolute Gasteiger partial charge is 0.504 e. The first-order valence-electron chi connectivity index (χ1n) is 5.63. The van der Waals surface area contributed by atoms with Crippen molar-refractivity contribution in [1.29, 1.82) is 0 Å². The van der Waals surface area contributed by atoms with Crippen molar-refractivity contribution in [2.24, 2.45) is 0 Å². The van der Waals surface area contributed by atoms with E-state index in [1.54, 1.807) is 18.2 Å². The quantitative estimate of drug-likeness (QED) is 0.621. The van der Waals surface area contributed by atoms with E-state index < -0.39 is 5.97 Å². The Morgan fingerprint density at radius 1 is 1.42 bits per heavy atom. The van der Waals surface area contributed by atoms with Gasteiger partial charge < -0.3 is 14.9 Å². The zero-order valence-electron chi connectivity index (χ0n) is 10.5. The molecule has 2 N–H and O–H groups in total. The molecule has 0 fully saturated rings. The van der Waals surface area contributed by atoms with Crippen molar-refractivity contribution in [3.63, 3.8) is 0 Å². The zero-order chi connectivity index (χ0) is 14.3. The number of rotatable bonds is 6. The van der Waals surface area contributed by atoms with Gasteiger partial charge in [-0.05, 0) is 30.2 Å². The molecule has 0 bridgehead atoms. The van der Waals surface area contributed by atoms with E-state index in [1.807, 2.05) is 6.08 Å². The highest BCUT2D eigenvalue weighted by molar-refractivity contribution is 6.17. The molecular formula is C14H15ClO4. The number of benzene rings is 1. The summed E-state index contributed by atoms with van der Waals surface area (Å²) in [5.41, 5.74) is 1.18. The van der Waals surface area contributed by atoms with Crippen molar-refractivity contribution in [3.05, 3.63) is 35.4 Å². The molecule has 0 aliphatic carbocycles. The van der Waals surface area contributed by atoms with Gasteiger partial charge in [0, 0.05) is 17.5 Å². The third kappa shape index (κ3) is 4.67. The van der Waals surface area contributed by atoms with Crippen LogP contribution >= 0.6 is 11.6 Å².